The zero-order chi connectivity index (χ0) is 20.7. The van der Waals surface area contributed by atoms with E-state index in [2.05, 4.69) is 32.2 Å². The monoisotopic (exact) mass is 407 g/mol. The zero-order valence-electron chi connectivity index (χ0n) is 17.0. The number of nitrogens with zero attached hydrogens (tertiary/aromatic N) is 3. The van der Waals surface area contributed by atoms with E-state index in [0.29, 0.717) is 44.8 Å². The molecule has 3 aromatic rings. The molecule has 2 N–H and O–H groups in total. The van der Waals surface area contributed by atoms with E-state index in [9.17, 15) is 9.59 Å². The van der Waals surface area contributed by atoms with Gasteiger partial charge in [0.2, 0.25) is 5.91 Å². The maximum Gasteiger partial charge on any atom is 0.272 e. The number of amides is 2. The fraction of sp³-hybridized carbons (Fsp3) is 0.409. The van der Waals surface area contributed by atoms with Gasteiger partial charge in [-0.15, -0.1) is 0 Å². The molecule has 0 saturated carbocycles. The number of benzene rings is 1. The summed E-state index contributed by atoms with van der Waals surface area (Å²) in [6, 6.07) is 8.17. The zero-order valence-corrected chi connectivity index (χ0v) is 17.0. The summed E-state index contributed by atoms with van der Waals surface area (Å²) in [5.41, 5.74) is 4.37. The van der Waals surface area contributed by atoms with Crippen molar-refractivity contribution in [2.24, 2.45) is 7.05 Å². The first kappa shape index (κ1) is 18.9. The van der Waals surface area contributed by atoms with Gasteiger partial charge in [0, 0.05) is 42.9 Å². The quantitative estimate of drug-likeness (QED) is 0.686. The van der Waals surface area contributed by atoms with Crippen LogP contribution in [0, 0.1) is 0 Å². The van der Waals surface area contributed by atoms with Gasteiger partial charge in [0.15, 0.2) is 5.69 Å². The van der Waals surface area contributed by atoms with Crippen LogP contribution in [0.5, 0.6) is 0 Å². The van der Waals surface area contributed by atoms with Crippen molar-refractivity contribution >= 4 is 22.7 Å². The first-order chi connectivity index (χ1) is 14.6. The number of H-pyrrole nitrogens is 1. The lowest BCUT2D eigenvalue weighted by atomic mass is 10.0. The Balaban J connectivity index is 1.28. The molecular formula is C22H25N5O3. The Morgan fingerprint density at radius 3 is 3.03 bits per heavy atom. The number of aromatic nitrogens is 3. The minimum absolute atomic E-state index is 0.0483. The summed E-state index contributed by atoms with van der Waals surface area (Å²) in [5, 5.41) is 11.3. The maximum atomic E-state index is 13.0. The molecule has 156 valence electrons. The standard InChI is InChI=1S/C22H25N5O3/c1-26-11-14(16-4-2-3-5-19(16)26)10-20(28)27-8-6-17-18(12-27)24-25-21(17)22(29)23-15-7-9-30-13-15/h2-5,11,15H,6-10,12-13H2,1H3,(H,23,29)(H,24,25). The second-order valence-corrected chi connectivity index (χ2v) is 8.09. The molecule has 2 aromatic heterocycles. The summed E-state index contributed by atoms with van der Waals surface area (Å²) in [5.74, 6) is -0.0840. The van der Waals surface area contributed by atoms with Gasteiger partial charge in [-0.1, -0.05) is 18.2 Å². The normalized spacial score (nSPS) is 18.6. The van der Waals surface area contributed by atoms with E-state index >= 15 is 0 Å². The Morgan fingerprint density at radius 2 is 2.20 bits per heavy atom. The second-order valence-electron chi connectivity index (χ2n) is 8.09. The predicted octanol–water partition coefficient (Wildman–Crippen LogP) is 1.55. The van der Waals surface area contributed by atoms with E-state index in [1.165, 1.54) is 0 Å². The third-order valence-corrected chi connectivity index (χ3v) is 6.09. The first-order valence-corrected chi connectivity index (χ1v) is 10.4. The Labute approximate surface area is 174 Å². The third kappa shape index (κ3) is 3.37. The van der Waals surface area contributed by atoms with Gasteiger partial charge in [-0.2, -0.15) is 5.10 Å². The summed E-state index contributed by atoms with van der Waals surface area (Å²) >= 11 is 0. The fourth-order valence-electron chi connectivity index (χ4n) is 4.46. The van der Waals surface area contributed by atoms with Crippen molar-refractivity contribution in [1.82, 2.24) is 25.0 Å². The van der Waals surface area contributed by atoms with E-state index in [4.69, 9.17) is 4.74 Å². The molecule has 4 heterocycles. The largest absolute Gasteiger partial charge is 0.379 e. The Kier molecular flexibility index (Phi) is 4.78. The van der Waals surface area contributed by atoms with E-state index in [1.807, 2.05) is 30.3 Å². The number of ether oxygens (including phenoxy) is 1. The molecule has 1 unspecified atom stereocenters. The van der Waals surface area contributed by atoms with Gasteiger partial charge < -0.3 is 19.5 Å². The smallest absolute Gasteiger partial charge is 0.272 e. The number of carbonyl (C=O) groups is 2. The van der Waals surface area contributed by atoms with Gasteiger partial charge in [0.05, 0.1) is 31.3 Å². The number of aryl methyl sites for hydroxylation is 1. The minimum atomic E-state index is -0.168. The summed E-state index contributed by atoms with van der Waals surface area (Å²) in [6.45, 7) is 2.26. The molecule has 2 aliphatic heterocycles. The van der Waals surface area contributed by atoms with Crippen LogP contribution < -0.4 is 5.32 Å². The van der Waals surface area contributed by atoms with E-state index < -0.39 is 0 Å². The number of para-hydroxylation sites is 1. The van der Waals surface area contributed by atoms with Crippen LogP contribution >= 0.6 is 0 Å². The average Bonchev–Trinajstić information content (AvgIpc) is 3.48. The molecule has 2 amide bonds. The molecular weight excluding hydrogens is 382 g/mol. The summed E-state index contributed by atoms with van der Waals surface area (Å²) < 4.78 is 7.37. The van der Waals surface area contributed by atoms with Gasteiger partial charge in [0.1, 0.15) is 0 Å². The molecule has 0 radical (unpaired) electrons. The lowest BCUT2D eigenvalue weighted by Crippen LogP contribution is -2.38. The Morgan fingerprint density at radius 1 is 1.33 bits per heavy atom. The molecule has 1 aromatic carbocycles. The first-order valence-electron chi connectivity index (χ1n) is 10.4. The van der Waals surface area contributed by atoms with Crippen molar-refractivity contribution < 1.29 is 14.3 Å². The molecule has 0 aliphatic carbocycles. The maximum absolute atomic E-state index is 13.0. The number of hydrogen-bond donors (Lipinski definition) is 2. The van der Waals surface area contributed by atoms with Crippen LogP contribution in [0.4, 0.5) is 0 Å². The summed E-state index contributed by atoms with van der Waals surface area (Å²) in [6.07, 6.45) is 3.84. The molecule has 8 nitrogen and oxygen atoms in total. The Bertz CT molecular complexity index is 1110. The number of fused-ring (bicyclic) bond motifs is 2. The highest BCUT2D eigenvalue weighted by atomic mass is 16.5. The topological polar surface area (TPSA) is 92.2 Å². The lowest BCUT2D eigenvalue weighted by Gasteiger charge is -2.27. The molecule has 2 aliphatic rings. The molecule has 30 heavy (non-hydrogen) atoms. The molecule has 0 spiro atoms. The highest BCUT2D eigenvalue weighted by Crippen LogP contribution is 2.24. The lowest BCUT2D eigenvalue weighted by molar-refractivity contribution is -0.131. The summed E-state index contributed by atoms with van der Waals surface area (Å²) in [4.78, 5) is 27.4. The van der Waals surface area contributed by atoms with Crippen LogP contribution in [0.1, 0.15) is 33.7 Å². The van der Waals surface area contributed by atoms with Crippen molar-refractivity contribution in [3.8, 4) is 0 Å². The van der Waals surface area contributed by atoms with Crippen molar-refractivity contribution in [1.29, 1.82) is 0 Å². The molecule has 1 atom stereocenters. The molecule has 8 heteroatoms. The molecule has 1 fully saturated rings. The minimum Gasteiger partial charge on any atom is -0.379 e. The van der Waals surface area contributed by atoms with Gasteiger partial charge in [-0.3, -0.25) is 14.7 Å². The third-order valence-electron chi connectivity index (χ3n) is 6.09. The van der Waals surface area contributed by atoms with Crippen molar-refractivity contribution in [3.63, 3.8) is 0 Å². The predicted molar refractivity (Wildman–Crippen MR) is 111 cm³/mol. The van der Waals surface area contributed by atoms with Crippen LogP contribution in [0.15, 0.2) is 30.5 Å². The van der Waals surface area contributed by atoms with E-state index in [0.717, 1.165) is 34.1 Å². The SMILES string of the molecule is Cn1cc(CC(=O)N2CCc3c(C(=O)NC4CCOC4)n[nH]c3C2)c2ccccc21. The highest BCUT2D eigenvalue weighted by Gasteiger charge is 2.29. The average molecular weight is 407 g/mol. The molecule has 5 rings (SSSR count). The van der Waals surface area contributed by atoms with Gasteiger partial charge in [0.25, 0.3) is 5.91 Å². The van der Waals surface area contributed by atoms with Crippen LogP contribution in [-0.2, 0) is 36.0 Å². The van der Waals surface area contributed by atoms with Crippen molar-refractivity contribution in [3.05, 3.63) is 53.0 Å². The van der Waals surface area contributed by atoms with Crippen LogP contribution in [0.2, 0.25) is 0 Å². The van der Waals surface area contributed by atoms with Crippen LogP contribution in [0.25, 0.3) is 10.9 Å². The number of carbonyl (C=O) groups excluding carboxylic acids is 2. The van der Waals surface area contributed by atoms with Gasteiger partial charge >= 0.3 is 0 Å². The van der Waals surface area contributed by atoms with Crippen molar-refractivity contribution in [2.75, 3.05) is 19.8 Å². The second kappa shape index (κ2) is 7.60. The molecule has 0 bridgehead atoms. The van der Waals surface area contributed by atoms with Gasteiger partial charge in [-0.25, -0.2) is 0 Å². The number of nitrogens with one attached hydrogen (secondary N) is 2. The molecule has 1 saturated heterocycles. The Hall–Kier alpha value is -3.13. The number of rotatable bonds is 4. The highest BCUT2D eigenvalue weighted by molar-refractivity contribution is 5.94. The van der Waals surface area contributed by atoms with Crippen LogP contribution in [0.3, 0.4) is 0 Å². The van der Waals surface area contributed by atoms with Crippen LogP contribution in [-0.4, -0.2) is 57.3 Å². The van der Waals surface area contributed by atoms with Gasteiger partial charge in [-0.05, 0) is 24.5 Å². The number of aromatic amines is 1. The summed E-state index contributed by atoms with van der Waals surface area (Å²) in [7, 11) is 2.00. The van der Waals surface area contributed by atoms with Crippen molar-refractivity contribution in [2.45, 2.75) is 31.8 Å². The van der Waals surface area contributed by atoms with E-state index in [-0.39, 0.29) is 17.9 Å². The van der Waals surface area contributed by atoms with E-state index in [1.54, 1.807) is 0 Å². The number of hydrogen-bond acceptors (Lipinski definition) is 4. The fourth-order valence-corrected chi connectivity index (χ4v) is 4.46.